The first-order valence-electron chi connectivity index (χ1n) is 9.57. The fourth-order valence-corrected chi connectivity index (χ4v) is 4.38. The number of carbonyl (C=O) groups is 3. The van der Waals surface area contributed by atoms with Gasteiger partial charge in [0.2, 0.25) is 5.91 Å². The van der Waals surface area contributed by atoms with Gasteiger partial charge in [0.1, 0.15) is 12.1 Å². The van der Waals surface area contributed by atoms with E-state index in [2.05, 4.69) is 17.6 Å². The number of piperidine rings is 1. The fourth-order valence-electron chi connectivity index (χ4n) is 4.38. The van der Waals surface area contributed by atoms with Crippen molar-refractivity contribution in [2.24, 2.45) is 5.92 Å². The highest BCUT2D eigenvalue weighted by atomic mass is 35.5. The Bertz CT molecular complexity index is 543. The van der Waals surface area contributed by atoms with E-state index in [0.29, 0.717) is 18.8 Å². The normalized spacial score (nSPS) is 29.5. The summed E-state index contributed by atoms with van der Waals surface area (Å²) in [5, 5.41) is 6.17. The zero-order valence-corrected chi connectivity index (χ0v) is 16.6. The van der Waals surface area contributed by atoms with Crippen LogP contribution in [0.1, 0.15) is 51.9 Å². The predicted molar refractivity (Wildman–Crippen MR) is 101 cm³/mol. The molecule has 2 heterocycles. The number of halogens is 1. The number of rotatable bonds is 4. The number of nitrogens with one attached hydrogen (secondary N) is 2. The second kappa shape index (κ2) is 8.57. The first-order valence-corrected chi connectivity index (χ1v) is 9.57. The van der Waals surface area contributed by atoms with Crippen LogP contribution in [0, 0.1) is 5.92 Å². The minimum atomic E-state index is -0.767. The molecule has 3 aliphatic rings. The molecule has 148 valence electrons. The van der Waals surface area contributed by atoms with Crippen LogP contribution in [0.4, 0.5) is 4.79 Å². The molecule has 3 rings (SSSR count). The molecule has 2 aliphatic heterocycles. The van der Waals surface area contributed by atoms with E-state index in [0.717, 1.165) is 50.1 Å². The van der Waals surface area contributed by atoms with Crippen LogP contribution in [0.2, 0.25) is 0 Å². The van der Waals surface area contributed by atoms with Crippen molar-refractivity contribution in [2.45, 2.75) is 63.5 Å². The van der Waals surface area contributed by atoms with E-state index in [4.69, 9.17) is 0 Å². The van der Waals surface area contributed by atoms with Crippen LogP contribution in [0.5, 0.6) is 0 Å². The maximum Gasteiger partial charge on any atom is 0.325 e. The van der Waals surface area contributed by atoms with E-state index in [1.54, 1.807) is 11.9 Å². The number of urea groups is 1. The molecule has 1 spiro atoms. The minimum absolute atomic E-state index is 0. The number of hydrogen-bond donors (Lipinski definition) is 2. The molecular formula is C18H31ClN4O3. The average Bonchev–Trinajstić information content (AvgIpc) is 2.86. The number of nitrogens with zero attached hydrogens (tertiary/aromatic N) is 2. The van der Waals surface area contributed by atoms with E-state index in [1.165, 1.54) is 0 Å². The third-order valence-corrected chi connectivity index (χ3v) is 6.33. The summed E-state index contributed by atoms with van der Waals surface area (Å²) < 4.78 is 0. The first-order chi connectivity index (χ1) is 12.0. The van der Waals surface area contributed by atoms with Crippen molar-refractivity contribution < 1.29 is 14.4 Å². The summed E-state index contributed by atoms with van der Waals surface area (Å²) >= 11 is 0. The third kappa shape index (κ3) is 3.98. The van der Waals surface area contributed by atoms with Gasteiger partial charge < -0.3 is 15.5 Å². The molecule has 0 radical (unpaired) electrons. The van der Waals surface area contributed by atoms with Gasteiger partial charge >= 0.3 is 6.03 Å². The minimum Gasteiger partial charge on any atom is -0.341 e. The number of hydrogen-bond acceptors (Lipinski definition) is 4. The van der Waals surface area contributed by atoms with E-state index >= 15 is 0 Å². The highest BCUT2D eigenvalue weighted by Crippen LogP contribution is 2.37. The SMILES string of the molecule is CCC1CCC2(CC1)NC(=O)N(CC(=O)N(C)C1CCNCC1)C2=O.Cl. The number of likely N-dealkylation sites (N-methyl/N-ethyl adjacent to an activating group) is 1. The van der Waals surface area contributed by atoms with Crippen molar-refractivity contribution in [2.75, 3.05) is 26.7 Å². The Kier molecular flexibility index (Phi) is 6.91. The van der Waals surface area contributed by atoms with Crippen molar-refractivity contribution in [1.82, 2.24) is 20.4 Å². The predicted octanol–water partition coefficient (Wildman–Crippen LogP) is 1.51. The Balaban J connectivity index is 0.00000243. The van der Waals surface area contributed by atoms with Crippen LogP contribution in [0.3, 0.4) is 0 Å². The largest absolute Gasteiger partial charge is 0.341 e. The second-order valence-corrected chi connectivity index (χ2v) is 7.74. The van der Waals surface area contributed by atoms with Crippen molar-refractivity contribution in [3.8, 4) is 0 Å². The maximum atomic E-state index is 12.9. The summed E-state index contributed by atoms with van der Waals surface area (Å²) in [5.74, 6) is 0.269. The lowest BCUT2D eigenvalue weighted by Crippen LogP contribution is -2.51. The molecular weight excluding hydrogens is 356 g/mol. The molecule has 2 saturated heterocycles. The maximum absolute atomic E-state index is 12.9. The van der Waals surface area contributed by atoms with Crippen LogP contribution in [0.25, 0.3) is 0 Å². The Morgan fingerprint density at radius 1 is 1.19 bits per heavy atom. The van der Waals surface area contributed by atoms with Gasteiger partial charge in [-0.1, -0.05) is 13.3 Å². The van der Waals surface area contributed by atoms with Crippen molar-refractivity contribution in [3.63, 3.8) is 0 Å². The highest BCUT2D eigenvalue weighted by molar-refractivity contribution is 6.09. The molecule has 1 saturated carbocycles. The summed E-state index contributed by atoms with van der Waals surface area (Å²) in [7, 11) is 1.78. The Hall–Kier alpha value is -1.34. The smallest absolute Gasteiger partial charge is 0.325 e. The van der Waals surface area contributed by atoms with Crippen molar-refractivity contribution >= 4 is 30.3 Å². The van der Waals surface area contributed by atoms with Crippen LogP contribution in [0.15, 0.2) is 0 Å². The lowest BCUT2D eigenvalue weighted by molar-refractivity contribution is -0.140. The third-order valence-electron chi connectivity index (χ3n) is 6.33. The lowest BCUT2D eigenvalue weighted by atomic mass is 9.75. The molecule has 1 aliphatic carbocycles. The monoisotopic (exact) mass is 386 g/mol. The Morgan fingerprint density at radius 2 is 1.81 bits per heavy atom. The molecule has 0 atom stereocenters. The van der Waals surface area contributed by atoms with Crippen LogP contribution in [-0.4, -0.2) is 65.9 Å². The summed E-state index contributed by atoms with van der Waals surface area (Å²) in [6, 6.07) is -0.226. The second-order valence-electron chi connectivity index (χ2n) is 7.74. The van der Waals surface area contributed by atoms with Crippen molar-refractivity contribution in [1.29, 1.82) is 0 Å². The molecule has 7 nitrogen and oxygen atoms in total. The number of amides is 4. The molecule has 8 heteroatoms. The molecule has 26 heavy (non-hydrogen) atoms. The molecule has 0 bridgehead atoms. The summed E-state index contributed by atoms with van der Waals surface area (Å²) in [5.41, 5.74) is -0.767. The molecule has 0 aromatic rings. The Morgan fingerprint density at radius 3 is 2.38 bits per heavy atom. The van der Waals surface area contributed by atoms with Gasteiger partial charge in [-0.05, 0) is 57.5 Å². The topological polar surface area (TPSA) is 81.8 Å². The summed E-state index contributed by atoms with van der Waals surface area (Å²) in [6.07, 6.45) is 6.21. The zero-order chi connectivity index (χ0) is 18.0. The summed E-state index contributed by atoms with van der Waals surface area (Å²) in [4.78, 5) is 40.7. The quantitative estimate of drug-likeness (QED) is 0.717. The van der Waals surface area contributed by atoms with Gasteiger partial charge in [0, 0.05) is 13.1 Å². The van der Waals surface area contributed by atoms with Gasteiger partial charge in [0.25, 0.3) is 5.91 Å². The lowest BCUT2D eigenvalue weighted by Gasteiger charge is -2.35. The molecule has 3 fully saturated rings. The highest BCUT2D eigenvalue weighted by Gasteiger charge is 2.52. The van der Waals surface area contributed by atoms with Crippen LogP contribution in [-0.2, 0) is 9.59 Å². The van der Waals surface area contributed by atoms with Crippen molar-refractivity contribution in [3.05, 3.63) is 0 Å². The number of imide groups is 1. The molecule has 4 amide bonds. The molecule has 0 aromatic heterocycles. The molecule has 2 N–H and O–H groups in total. The van der Waals surface area contributed by atoms with E-state index in [-0.39, 0.29) is 36.8 Å². The van der Waals surface area contributed by atoms with Gasteiger partial charge in [-0.25, -0.2) is 4.79 Å². The zero-order valence-electron chi connectivity index (χ0n) is 15.8. The van der Waals surface area contributed by atoms with E-state index in [9.17, 15) is 14.4 Å². The standard InChI is InChI=1S/C18H30N4O3.ClH/c1-3-13-4-8-18(9-5-13)16(24)22(17(25)20-18)12-15(23)21(2)14-6-10-19-11-7-14;/h13-14,19H,3-12H2,1-2H3,(H,20,25);1H. The van der Waals surface area contributed by atoms with Gasteiger partial charge in [0.05, 0.1) is 0 Å². The van der Waals surface area contributed by atoms with E-state index < -0.39 is 11.6 Å². The van der Waals surface area contributed by atoms with Gasteiger partial charge in [-0.3, -0.25) is 14.5 Å². The van der Waals surface area contributed by atoms with Gasteiger partial charge in [-0.2, -0.15) is 0 Å². The number of carbonyl (C=O) groups excluding carboxylic acids is 3. The van der Waals surface area contributed by atoms with E-state index in [1.807, 2.05) is 0 Å². The average molecular weight is 387 g/mol. The molecule has 0 aromatic carbocycles. The Labute approximate surface area is 161 Å². The van der Waals surface area contributed by atoms with Crippen LogP contribution >= 0.6 is 12.4 Å². The van der Waals surface area contributed by atoms with Crippen LogP contribution < -0.4 is 10.6 Å². The van der Waals surface area contributed by atoms with Gasteiger partial charge in [0.15, 0.2) is 0 Å². The first kappa shape index (κ1) is 21.0. The fraction of sp³-hybridized carbons (Fsp3) is 0.833. The molecule has 0 unspecified atom stereocenters. The van der Waals surface area contributed by atoms with Gasteiger partial charge in [-0.15, -0.1) is 12.4 Å². The summed E-state index contributed by atoms with van der Waals surface area (Å²) in [6.45, 7) is 3.81.